The number of ether oxygens (including phenoxy) is 1. The van der Waals surface area contributed by atoms with Gasteiger partial charge in [0.2, 0.25) is 5.95 Å². The minimum Gasteiger partial charge on any atom is -0.489 e. The Hall–Kier alpha value is -2.88. The van der Waals surface area contributed by atoms with E-state index in [4.69, 9.17) is 21.8 Å². The average molecular weight is 562 g/mol. The molecule has 0 amide bonds. The first-order chi connectivity index (χ1) is 19.5. The van der Waals surface area contributed by atoms with E-state index in [9.17, 15) is 8.42 Å². The Morgan fingerprint density at radius 1 is 1.11 bits per heavy atom. The number of halogens is 1. The zero-order valence-corrected chi connectivity index (χ0v) is 23.7. The zero-order chi connectivity index (χ0) is 31.0. The predicted molar refractivity (Wildman–Crippen MR) is 154 cm³/mol. The molecule has 0 aliphatic carbocycles. The summed E-state index contributed by atoms with van der Waals surface area (Å²) in [7, 11) is -3.58. The molecule has 38 heavy (non-hydrogen) atoms. The summed E-state index contributed by atoms with van der Waals surface area (Å²) in [5.74, 6) is 0.497. The van der Waals surface area contributed by atoms with Crippen molar-refractivity contribution in [3.8, 4) is 5.75 Å². The second-order valence-corrected chi connectivity index (χ2v) is 12.6. The van der Waals surface area contributed by atoms with Crippen LogP contribution >= 0.6 is 11.6 Å². The molecule has 0 spiro atoms. The van der Waals surface area contributed by atoms with Gasteiger partial charge in [-0.15, -0.1) is 0 Å². The highest BCUT2D eigenvalue weighted by Crippen LogP contribution is 2.37. The molecule has 1 aliphatic rings. The largest absolute Gasteiger partial charge is 0.489 e. The lowest BCUT2D eigenvalue weighted by Gasteiger charge is -2.26. The van der Waals surface area contributed by atoms with E-state index < -0.39 is 28.1 Å². The van der Waals surface area contributed by atoms with Crippen molar-refractivity contribution in [3.05, 3.63) is 58.7 Å². The third kappa shape index (κ3) is 6.39. The van der Waals surface area contributed by atoms with Crippen LogP contribution in [0.5, 0.6) is 5.75 Å². The van der Waals surface area contributed by atoms with Crippen molar-refractivity contribution < 1.29 is 18.6 Å². The quantitative estimate of drug-likeness (QED) is 0.277. The summed E-state index contributed by atoms with van der Waals surface area (Å²) in [4.78, 5) is 8.94. The number of anilines is 4. The van der Waals surface area contributed by atoms with Gasteiger partial charge in [0, 0.05) is 5.48 Å². The predicted octanol–water partition coefficient (Wildman–Crippen LogP) is 6.36. The van der Waals surface area contributed by atoms with Gasteiger partial charge in [0.15, 0.2) is 15.7 Å². The number of benzene rings is 2. The van der Waals surface area contributed by atoms with Crippen molar-refractivity contribution in [2.24, 2.45) is 0 Å². The fraction of sp³-hybridized carbons (Fsp3) is 0.429. The number of nitrogens with one attached hydrogen (secondary N) is 3. The summed E-state index contributed by atoms with van der Waals surface area (Å²) in [5.41, 5.74) is 2.52. The molecule has 3 aromatic rings. The number of nitrogens with zero attached hydrogens (tertiary/aromatic N) is 2. The Morgan fingerprint density at radius 3 is 2.50 bits per heavy atom. The number of para-hydroxylation sites is 1. The van der Waals surface area contributed by atoms with Crippen LogP contribution in [-0.2, 0) is 9.84 Å². The van der Waals surface area contributed by atoms with E-state index in [2.05, 4.69) is 25.9 Å². The van der Waals surface area contributed by atoms with E-state index in [0.29, 0.717) is 17.1 Å². The van der Waals surface area contributed by atoms with Crippen molar-refractivity contribution in [1.29, 1.82) is 0 Å². The Labute approximate surface area is 236 Å². The number of aryl methyl sites for hydroxylation is 1. The first-order valence-corrected chi connectivity index (χ1v) is 14.4. The highest BCUT2D eigenvalue weighted by atomic mass is 35.5. The Morgan fingerprint density at radius 2 is 1.82 bits per heavy atom. The van der Waals surface area contributed by atoms with Gasteiger partial charge >= 0.3 is 0 Å². The van der Waals surface area contributed by atoms with Crippen LogP contribution in [0.25, 0.3) is 0 Å². The van der Waals surface area contributed by atoms with E-state index in [1.54, 1.807) is 32.0 Å². The lowest BCUT2D eigenvalue weighted by atomic mass is 9.87. The molecular formula is C28H36ClN5O3S. The van der Waals surface area contributed by atoms with Gasteiger partial charge in [0.1, 0.15) is 10.8 Å². The molecule has 8 nitrogen and oxygen atoms in total. The lowest BCUT2D eigenvalue weighted by Crippen LogP contribution is -2.27. The zero-order valence-electron chi connectivity index (χ0n) is 26.1. The molecule has 0 atom stereocenters. The second kappa shape index (κ2) is 11.9. The maximum absolute atomic E-state index is 12.9. The molecule has 10 heteroatoms. The average Bonchev–Trinajstić information content (AvgIpc) is 2.85. The topological polar surface area (TPSA) is 105 Å². The summed E-state index contributed by atoms with van der Waals surface area (Å²) >= 11 is 6.40. The van der Waals surface area contributed by atoms with Gasteiger partial charge in [-0.25, -0.2) is 13.4 Å². The molecule has 2 aromatic carbocycles. The molecule has 4 rings (SSSR count). The molecule has 1 saturated heterocycles. The maximum Gasteiger partial charge on any atom is 0.229 e. The summed E-state index contributed by atoms with van der Waals surface area (Å²) < 4.78 is 64.7. The molecule has 1 aromatic heterocycles. The number of sulfone groups is 1. The first-order valence-electron chi connectivity index (χ1n) is 14.5. The number of hydrogen-bond donors (Lipinski definition) is 3. The molecule has 0 bridgehead atoms. The molecule has 0 radical (unpaired) electrons. The van der Waals surface area contributed by atoms with Gasteiger partial charge in [-0.1, -0.05) is 23.7 Å². The molecule has 1 aliphatic heterocycles. The number of piperidine rings is 1. The number of rotatable bonds is 9. The molecular weight excluding hydrogens is 522 g/mol. The van der Waals surface area contributed by atoms with Crippen molar-refractivity contribution in [1.82, 2.24) is 15.3 Å². The number of aromatic nitrogens is 2. The highest BCUT2D eigenvalue weighted by Gasteiger charge is 2.24. The molecule has 204 valence electrons. The Bertz CT molecular complexity index is 1560. The van der Waals surface area contributed by atoms with Crippen LogP contribution in [0.15, 0.2) is 47.5 Å². The van der Waals surface area contributed by atoms with E-state index >= 15 is 0 Å². The minimum atomic E-state index is -3.58. The SMILES string of the molecule is [2H]C1([2H])CC(c2cc(OC(C)C)c(Nc3ncc(Cl)c(Nc4ccccc4S(=O)(=O)C(C)C)n3)cc2C)CC([2H])([2H])N1. The van der Waals surface area contributed by atoms with Crippen molar-refractivity contribution >= 4 is 44.6 Å². The van der Waals surface area contributed by atoms with Gasteiger partial charge in [-0.05, 0) is 102 Å². The van der Waals surface area contributed by atoms with E-state index in [1.807, 2.05) is 32.9 Å². The van der Waals surface area contributed by atoms with Gasteiger partial charge in [0.05, 0.1) is 33.8 Å². The third-order valence-electron chi connectivity index (χ3n) is 6.10. The third-order valence-corrected chi connectivity index (χ3v) is 8.59. The number of hydrogen-bond acceptors (Lipinski definition) is 8. The highest BCUT2D eigenvalue weighted by molar-refractivity contribution is 7.92. The second-order valence-electron chi connectivity index (χ2n) is 9.69. The van der Waals surface area contributed by atoms with Crippen LogP contribution in [0.1, 0.15) is 63.1 Å². The lowest BCUT2D eigenvalue weighted by molar-refractivity contribution is 0.243. The smallest absolute Gasteiger partial charge is 0.229 e. The maximum atomic E-state index is 12.9. The summed E-state index contributed by atoms with van der Waals surface area (Å²) in [5, 5.41) is 8.23. The molecule has 3 N–H and O–H groups in total. The van der Waals surface area contributed by atoms with Crippen LogP contribution in [0.4, 0.5) is 23.1 Å². The van der Waals surface area contributed by atoms with Crippen LogP contribution < -0.4 is 20.7 Å². The van der Waals surface area contributed by atoms with Crippen LogP contribution in [0.2, 0.25) is 5.02 Å². The van der Waals surface area contributed by atoms with E-state index in [0.717, 1.165) is 11.1 Å². The van der Waals surface area contributed by atoms with E-state index in [-0.39, 0.29) is 46.5 Å². The van der Waals surface area contributed by atoms with Crippen molar-refractivity contribution in [2.45, 2.75) is 69.6 Å². The Kier molecular flexibility index (Phi) is 7.21. The van der Waals surface area contributed by atoms with Gasteiger partial charge < -0.3 is 20.7 Å². The van der Waals surface area contributed by atoms with Crippen molar-refractivity contribution in [2.75, 3.05) is 23.6 Å². The van der Waals surface area contributed by atoms with Crippen molar-refractivity contribution in [3.63, 3.8) is 0 Å². The molecule has 0 unspecified atom stereocenters. The first kappa shape index (κ1) is 23.0. The normalized spacial score (nSPS) is 18.8. The van der Waals surface area contributed by atoms with Crippen LogP contribution in [0, 0.1) is 6.92 Å². The molecule has 1 fully saturated rings. The monoisotopic (exact) mass is 561 g/mol. The summed E-state index contributed by atoms with van der Waals surface area (Å²) in [6.07, 6.45) is 1.45. The Balaban J connectivity index is 1.68. The molecule has 2 heterocycles. The van der Waals surface area contributed by atoms with Crippen LogP contribution in [-0.4, -0.2) is 42.7 Å². The summed E-state index contributed by atoms with van der Waals surface area (Å²) in [6.45, 7) is 5.17. The standard InChI is InChI=1S/C28H36ClN5O3S/c1-17(2)37-25-15-21(20-10-12-30-13-11-20)19(5)14-24(25)33-28-31-16-22(29)27(34-28)32-23-8-6-7-9-26(23)38(35,36)18(3)4/h6-9,14-18,20,30H,10-13H2,1-5H3,(H2,31,32,33,34)/i12D2,13D2. The fourth-order valence-corrected chi connectivity index (χ4v) is 5.47. The van der Waals surface area contributed by atoms with Gasteiger partial charge in [-0.3, -0.25) is 0 Å². The van der Waals surface area contributed by atoms with E-state index in [1.165, 1.54) is 12.3 Å². The van der Waals surface area contributed by atoms with Gasteiger partial charge in [0.25, 0.3) is 0 Å². The fourth-order valence-electron chi connectivity index (χ4n) is 4.13. The minimum absolute atomic E-state index is 0.116. The molecule has 0 saturated carbocycles. The van der Waals surface area contributed by atoms with Crippen LogP contribution in [0.3, 0.4) is 0 Å². The van der Waals surface area contributed by atoms with Gasteiger partial charge in [-0.2, -0.15) is 4.98 Å². The summed E-state index contributed by atoms with van der Waals surface area (Å²) in [6, 6.07) is 10.2.